The van der Waals surface area contributed by atoms with E-state index in [0.29, 0.717) is 15.1 Å². The van der Waals surface area contributed by atoms with E-state index < -0.39 is 4.92 Å². The van der Waals surface area contributed by atoms with Crippen LogP contribution in [0.3, 0.4) is 0 Å². The maximum Gasteiger partial charge on any atom is 0.271 e. The van der Waals surface area contributed by atoms with Crippen molar-refractivity contribution < 1.29 is 14.4 Å². The van der Waals surface area contributed by atoms with Crippen LogP contribution in [0, 0.1) is 10.1 Å². The number of hydrogen-bond acceptors (Lipinski definition) is 7. The molecule has 0 amide bonds. The first-order valence-corrected chi connectivity index (χ1v) is 15.0. The van der Waals surface area contributed by atoms with Gasteiger partial charge in [-0.25, -0.2) is 4.99 Å². The lowest BCUT2D eigenvalue weighted by molar-refractivity contribution is -0.384. The molecule has 5 aromatic rings. The fourth-order valence-corrected chi connectivity index (χ4v) is 6.92. The molecule has 1 aromatic heterocycles. The quantitative estimate of drug-likeness (QED) is 0.173. The maximum absolute atomic E-state index is 14.1. The van der Waals surface area contributed by atoms with Crippen molar-refractivity contribution in [1.29, 1.82) is 0 Å². The fraction of sp³-hybridized carbons (Fsp3) is 0.143. The minimum atomic E-state index is -0.426. The minimum absolute atomic E-state index is 0.0372. The third-order valence-electron chi connectivity index (χ3n) is 8.01. The lowest BCUT2D eigenvalue weighted by atomic mass is 9.83. The number of ether oxygens (including phenoxy) is 2. The minimum Gasteiger partial charge on any atom is -0.496 e. The highest BCUT2D eigenvalue weighted by atomic mass is 32.1. The van der Waals surface area contributed by atoms with E-state index in [9.17, 15) is 14.9 Å². The Morgan fingerprint density at radius 3 is 2.61 bits per heavy atom. The molecule has 0 unspecified atom stereocenters. The van der Waals surface area contributed by atoms with Crippen molar-refractivity contribution in [3.05, 3.63) is 160 Å². The van der Waals surface area contributed by atoms with Gasteiger partial charge in [0.15, 0.2) is 4.80 Å². The van der Waals surface area contributed by atoms with E-state index in [1.165, 1.54) is 29.0 Å². The van der Waals surface area contributed by atoms with Crippen molar-refractivity contribution in [1.82, 2.24) is 4.57 Å². The molecule has 0 spiro atoms. The monoisotopic (exact) mass is 601 g/mol. The number of fused-ring (bicyclic) bond motifs is 3. The Hall–Kier alpha value is -5.28. The van der Waals surface area contributed by atoms with Crippen molar-refractivity contribution in [3.63, 3.8) is 0 Å². The van der Waals surface area contributed by atoms with Gasteiger partial charge in [-0.3, -0.25) is 19.5 Å². The summed E-state index contributed by atoms with van der Waals surface area (Å²) in [7, 11) is 1.66. The second-order valence-electron chi connectivity index (χ2n) is 10.6. The Morgan fingerprint density at radius 2 is 1.80 bits per heavy atom. The molecule has 8 nitrogen and oxygen atoms in total. The van der Waals surface area contributed by atoms with Gasteiger partial charge in [-0.15, -0.1) is 0 Å². The highest BCUT2D eigenvalue weighted by Crippen LogP contribution is 2.43. The van der Waals surface area contributed by atoms with Crippen LogP contribution in [-0.2, 0) is 13.0 Å². The maximum atomic E-state index is 14.1. The number of methoxy groups -OCH3 is 1. The summed E-state index contributed by atoms with van der Waals surface area (Å²) >= 11 is 1.38. The van der Waals surface area contributed by atoms with Crippen LogP contribution in [0.15, 0.2) is 112 Å². The van der Waals surface area contributed by atoms with Crippen LogP contribution in [0.25, 0.3) is 11.8 Å². The van der Waals surface area contributed by atoms with Gasteiger partial charge in [0.1, 0.15) is 18.1 Å². The second-order valence-corrected chi connectivity index (χ2v) is 11.6. The van der Waals surface area contributed by atoms with Gasteiger partial charge in [0.05, 0.1) is 28.3 Å². The summed E-state index contributed by atoms with van der Waals surface area (Å²) in [4.78, 5) is 30.4. The van der Waals surface area contributed by atoms with Crippen molar-refractivity contribution in [2.24, 2.45) is 4.99 Å². The molecular weight excluding hydrogens is 574 g/mol. The number of aromatic nitrogens is 1. The van der Waals surface area contributed by atoms with Gasteiger partial charge in [0.25, 0.3) is 11.2 Å². The van der Waals surface area contributed by atoms with Crippen LogP contribution in [0.4, 0.5) is 5.69 Å². The van der Waals surface area contributed by atoms with Gasteiger partial charge >= 0.3 is 0 Å². The molecule has 4 aromatic carbocycles. The molecule has 0 saturated carbocycles. The van der Waals surface area contributed by atoms with Crippen LogP contribution in [0.2, 0.25) is 0 Å². The van der Waals surface area contributed by atoms with Gasteiger partial charge in [-0.05, 0) is 71.5 Å². The molecule has 0 bridgehead atoms. The number of thiazole rings is 1. The van der Waals surface area contributed by atoms with Gasteiger partial charge in [0.2, 0.25) is 0 Å². The number of non-ortho nitro benzene ring substituents is 1. The fourth-order valence-electron chi connectivity index (χ4n) is 5.92. The number of allylic oxidation sites excluding steroid dienone is 1. The zero-order valence-corrected chi connectivity index (χ0v) is 24.6. The van der Waals surface area contributed by atoms with Crippen LogP contribution in [0.1, 0.15) is 40.3 Å². The Kier molecular flexibility index (Phi) is 7.15. The molecule has 0 N–H and O–H groups in total. The number of nitrogens with zero attached hydrogens (tertiary/aromatic N) is 3. The predicted molar refractivity (Wildman–Crippen MR) is 170 cm³/mol. The molecule has 218 valence electrons. The van der Waals surface area contributed by atoms with E-state index in [-0.39, 0.29) is 23.9 Å². The summed E-state index contributed by atoms with van der Waals surface area (Å²) in [5, 5.41) is 10.9. The van der Waals surface area contributed by atoms with E-state index in [1.807, 2.05) is 65.2 Å². The van der Waals surface area contributed by atoms with Crippen molar-refractivity contribution in [3.8, 4) is 11.5 Å². The van der Waals surface area contributed by atoms with Crippen LogP contribution in [-0.4, -0.2) is 16.6 Å². The zero-order valence-electron chi connectivity index (χ0n) is 23.8. The van der Waals surface area contributed by atoms with Crippen molar-refractivity contribution in [2.45, 2.75) is 25.5 Å². The molecular formula is C35H27N3O5S. The first kappa shape index (κ1) is 27.5. The van der Waals surface area contributed by atoms with Crippen molar-refractivity contribution >= 4 is 28.8 Å². The Balaban J connectivity index is 1.28. The highest BCUT2D eigenvalue weighted by molar-refractivity contribution is 7.07. The van der Waals surface area contributed by atoms with Crippen LogP contribution < -0.4 is 24.4 Å². The summed E-state index contributed by atoms with van der Waals surface area (Å²) in [6.07, 6.45) is 3.56. The van der Waals surface area contributed by atoms with Crippen molar-refractivity contribution in [2.75, 3.05) is 7.11 Å². The van der Waals surface area contributed by atoms with Gasteiger partial charge in [-0.1, -0.05) is 65.9 Å². The molecule has 1 aliphatic heterocycles. The van der Waals surface area contributed by atoms with E-state index in [0.717, 1.165) is 52.1 Å². The molecule has 0 fully saturated rings. The summed E-state index contributed by atoms with van der Waals surface area (Å²) in [6.45, 7) is 0.259. The predicted octanol–water partition coefficient (Wildman–Crippen LogP) is 5.81. The lowest BCUT2D eigenvalue weighted by Gasteiger charge is -2.31. The Morgan fingerprint density at radius 1 is 1.00 bits per heavy atom. The topological polar surface area (TPSA) is 96.0 Å². The lowest BCUT2D eigenvalue weighted by Crippen LogP contribution is -2.39. The number of nitro benzene ring substituents is 1. The number of hydrogen-bond donors (Lipinski definition) is 0. The number of aryl methyl sites for hydroxylation is 1. The van der Waals surface area contributed by atoms with Crippen LogP contribution >= 0.6 is 11.3 Å². The summed E-state index contributed by atoms with van der Waals surface area (Å²) in [6, 6.07) is 29.7. The highest BCUT2D eigenvalue weighted by Gasteiger charge is 2.34. The molecule has 0 radical (unpaired) electrons. The van der Waals surface area contributed by atoms with Crippen LogP contribution in [0.5, 0.6) is 11.5 Å². The Labute approximate surface area is 256 Å². The molecule has 2 heterocycles. The van der Waals surface area contributed by atoms with Gasteiger partial charge in [0, 0.05) is 23.3 Å². The molecule has 1 atom stereocenters. The normalized spacial score (nSPS) is 15.6. The molecule has 0 saturated heterocycles. The first-order valence-electron chi connectivity index (χ1n) is 14.2. The SMILES string of the molecule is COc1ccccc1[C@H]1C2=C(N=c3s/c(=C/c4cccc(OCc5ccc([N+](=O)[O-])cc5)c4)c(=O)n31)c1ccccc1CC2. The number of nitro groups is 1. The first-order chi connectivity index (χ1) is 21.5. The van der Waals surface area contributed by atoms with E-state index in [1.54, 1.807) is 19.2 Å². The summed E-state index contributed by atoms with van der Waals surface area (Å²) in [5.74, 6) is 1.36. The number of rotatable bonds is 7. The second kappa shape index (κ2) is 11.4. The van der Waals surface area contributed by atoms with E-state index >= 15 is 0 Å². The number of benzene rings is 4. The third-order valence-corrected chi connectivity index (χ3v) is 9.00. The van der Waals surface area contributed by atoms with E-state index in [4.69, 9.17) is 14.5 Å². The summed E-state index contributed by atoms with van der Waals surface area (Å²) < 4.78 is 14.1. The Bertz CT molecular complexity index is 2130. The van der Waals surface area contributed by atoms with Gasteiger partial charge in [-0.2, -0.15) is 0 Å². The third kappa shape index (κ3) is 5.01. The molecule has 44 heavy (non-hydrogen) atoms. The largest absolute Gasteiger partial charge is 0.496 e. The van der Waals surface area contributed by atoms with E-state index in [2.05, 4.69) is 18.2 Å². The van der Waals surface area contributed by atoms with Gasteiger partial charge < -0.3 is 9.47 Å². The average Bonchev–Trinajstić information content (AvgIpc) is 3.36. The standard InChI is InChI=1S/C35H27N3O5S/c1-42-30-12-5-4-11-28(30)33-29-18-15-24-8-2-3-10-27(24)32(29)36-35-37(33)34(39)31(44-35)20-23-7-6-9-26(19-23)43-21-22-13-16-25(17-14-22)38(40)41/h2-14,16-17,19-20,33H,15,18,21H2,1H3/b31-20+/t33-/m0/s1. The summed E-state index contributed by atoms with van der Waals surface area (Å²) in [5.41, 5.74) is 6.94. The molecule has 2 aliphatic rings. The average molecular weight is 602 g/mol. The molecule has 9 heteroatoms. The molecule has 1 aliphatic carbocycles. The molecule has 7 rings (SSSR count). The smallest absolute Gasteiger partial charge is 0.271 e. The zero-order chi connectivity index (χ0) is 30.2. The number of para-hydroxylation sites is 1.